The zero-order valence-electron chi connectivity index (χ0n) is 29.3. The Bertz CT molecular complexity index is 3010. The average Bonchev–Trinajstić information content (AvgIpc) is 3.60. The second kappa shape index (κ2) is 12.1. The lowest BCUT2D eigenvalue weighted by Gasteiger charge is -2.19. The molecule has 0 spiro atoms. The van der Waals surface area contributed by atoms with Crippen LogP contribution in [0.4, 0.5) is 0 Å². The third-order valence-electron chi connectivity index (χ3n) is 10.8. The van der Waals surface area contributed by atoms with E-state index in [2.05, 4.69) is 188 Å². The highest BCUT2D eigenvalue weighted by Crippen LogP contribution is 2.45. The van der Waals surface area contributed by atoms with E-state index in [1.54, 1.807) is 0 Å². The summed E-state index contributed by atoms with van der Waals surface area (Å²) in [6, 6.07) is 58.0. The lowest BCUT2D eigenvalue weighted by molar-refractivity contribution is 1.13. The zero-order valence-corrected chi connectivity index (χ0v) is 29.3. The van der Waals surface area contributed by atoms with Gasteiger partial charge in [-0.05, 0) is 127 Å². The van der Waals surface area contributed by atoms with Crippen molar-refractivity contribution in [3.05, 3.63) is 175 Å². The first-order valence-electron chi connectivity index (χ1n) is 18.2. The van der Waals surface area contributed by atoms with Crippen LogP contribution in [-0.2, 0) is 6.42 Å². The molecule has 246 valence electrons. The fraction of sp³-hybridized carbons (Fsp3) is 0.0600. The Balaban J connectivity index is 1.19. The van der Waals surface area contributed by atoms with Crippen molar-refractivity contribution in [2.24, 2.45) is 0 Å². The maximum Gasteiger partial charge on any atom is 0.146 e. The number of para-hydroxylation sites is 3. The van der Waals surface area contributed by atoms with Gasteiger partial charge in [0.05, 0.1) is 16.6 Å². The molecule has 0 N–H and O–H groups in total. The minimum Gasteiger partial charge on any atom is -0.292 e. The fourth-order valence-corrected chi connectivity index (χ4v) is 8.50. The molecule has 0 saturated carbocycles. The molecule has 2 aromatic heterocycles. The second-order valence-corrected chi connectivity index (χ2v) is 13.7. The van der Waals surface area contributed by atoms with Gasteiger partial charge in [0.25, 0.3) is 0 Å². The first-order chi connectivity index (χ1) is 25.7. The van der Waals surface area contributed by atoms with Gasteiger partial charge in [0.1, 0.15) is 5.65 Å². The summed E-state index contributed by atoms with van der Waals surface area (Å²) in [7, 11) is 0. The van der Waals surface area contributed by atoms with Crippen LogP contribution >= 0.6 is 0 Å². The fourth-order valence-electron chi connectivity index (χ4n) is 8.50. The summed E-state index contributed by atoms with van der Waals surface area (Å²) in [5.41, 5.74) is 14.4. The predicted octanol–water partition coefficient (Wildman–Crippen LogP) is 13.7. The maximum atomic E-state index is 5.12. The highest BCUT2D eigenvalue weighted by molar-refractivity contribution is 6.22. The van der Waals surface area contributed by atoms with E-state index >= 15 is 0 Å². The highest BCUT2D eigenvalue weighted by Gasteiger charge is 2.18. The molecule has 0 aliphatic heterocycles. The quantitative estimate of drug-likeness (QED) is 0.132. The van der Waals surface area contributed by atoms with Gasteiger partial charge < -0.3 is 0 Å². The molecule has 0 saturated heterocycles. The van der Waals surface area contributed by atoms with Gasteiger partial charge in [-0.3, -0.25) is 4.40 Å². The summed E-state index contributed by atoms with van der Waals surface area (Å²) < 4.78 is 2.31. The number of imidazole rings is 1. The molecule has 0 amide bonds. The van der Waals surface area contributed by atoms with E-state index in [1.165, 1.54) is 82.3 Å². The van der Waals surface area contributed by atoms with Crippen LogP contribution in [0.2, 0.25) is 0 Å². The van der Waals surface area contributed by atoms with Gasteiger partial charge in [-0.2, -0.15) is 0 Å². The molecule has 0 atom stereocenters. The molecule has 52 heavy (non-hydrogen) atoms. The number of aryl methyl sites for hydroxylation is 1. The Morgan fingerprint density at radius 3 is 1.75 bits per heavy atom. The molecule has 0 aliphatic rings. The van der Waals surface area contributed by atoms with E-state index in [0.717, 1.165) is 28.5 Å². The minimum absolute atomic E-state index is 0.996. The summed E-state index contributed by atoms with van der Waals surface area (Å²) in [6.45, 7) is 4.33. The second-order valence-electron chi connectivity index (χ2n) is 13.7. The molecule has 10 aromatic rings. The lowest BCUT2D eigenvalue weighted by atomic mass is 9.84. The van der Waals surface area contributed by atoms with Crippen molar-refractivity contribution in [2.45, 2.75) is 20.3 Å². The normalized spacial score (nSPS) is 12.0. The molecule has 10 rings (SSSR count). The first-order valence-corrected chi connectivity index (χ1v) is 18.2. The molecule has 0 unspecified atom stereocenters. The van der Waals surface area contributed by atoms with Gasteiger partial charge in [0.15, 0.2) is 0 Å². The highest BCUT2D eigenvalue weighted by atomic mass is 15.0. The molecule has 0 bridgehead atoms. The van der Waals surface area contributed by atoms with Crippen molar-refractivity contribution in [3.8, 4) is 33.4 Å². The Labute approximate surface area is 302 Å². The van der Waals surface area contributed by atoms with E-state index in [1.807, 2.05) is 0 Å². The molecule has 2 heteroatoms. The standard InChI is InChI=1S/C50H36N2/c1-3-14-33-29-37(26-25-32(33)4-2)49-41-20-7-5-18-39(41)48(40-19-6-8-21-42(40)49)36-16-13-15-34(30-36)35-27-28-43-44(31-35)38-17-9-11-23-46(38)52-47-24-12-10-22-45(47)51-50(43)52/h3,5-31H,4H2,1-2H3/b14-3-. The third kappa shape index (κ3) is 4.61. The Hall–Kier alpha value is -6.51. The van der Waals surface area contributed by atoms with Gasteiger partial charge in [0.2, 0.25) is 0 Å². The summed E-state index contributed by atoms with van der Waals surface area (Å²) >= 11 is 0. The maximum absolute atomic E-state index is 5.12. The van der Waals surface area contributed by atoms with Crippen molar-refractivity contribution < 1.29 is 0 Å². The van der Waals surface area contributed by atoms with E-state index in [0.29, 0.717) is 0 Å². The summed E-state index contributed by atoms with van der Waals surface area (Å²) in [5, 5.41) is 8.66. The lowest BCUT2D eigenvalue weighted by Crippen LogP contribution is -1.93. The van der Waals surface area contributed by atoms with Crippen LogP contribution in [0.15, 0.2) is 164 Å². The van der Waals surface area contributed by atoms with Gasteiger partial charge >= 0.3 is 0 Å². The van der Waals surface area contributed by atoms with E-state index in [4.69, 9.17) is 4.98 Å². The Kier molecular flexibility index (Phi) is 7.04. The van der Waals surface area contributed by atoms with Crippen molar-refractivity contribution >= 4 is 66.0 Å². The number of fused-ring (bicyclic) bond motifs is 10. The van der Waals surface area contributed by atoms with Gasteiger partial charge in [-0.25, -0.2) is 4.98 Å². The number of rotatable bonds is 5. The van der Waals surface area contributed by atoms with Crippen LogP contribution in [-0.4, -0.2) is 9.38 Å². The smallest absolute Gasteiger partial charge is 0.146 e. The number of pyridine rings is 1. The number of hydrogen-bond acceptors (Lipinski definition) is 1. The Morgan fingerprint density at radius 2 is 1.06 bits per heavy atom. The van der Waals surface area contributed by atoms with Gasteiger partial charge in [0, 0.05) is 10.8 Å². The molecular formula is C50H36N2. The molecular weight excluding hydrogens is 629 g/mol. The largest absolute Gasteiger partial charge is 0.292 e. The van der Waals surface area contributed by atoms with E-state index < -0.39 is 0 Å². The number of hydrogen-bond donors (Lipinski definition) is 0. The summed E-state index contributed by atoms with van der Waals surface area (Å²) in [4.78, 5) is 5.12. The third-order valence-corrected chi connectivity index (χ3v) is 10.8. The summed E-state index contributed by atoms with van der Waals surface area (Å²) in [6.07, 6.45) is 5.39. The van der Waals surface area contributed by atoms with Crippen molar-refractivity contribution in [1.82, 2.24) is 9.38 Å². The molecule has 8 aromatic carbocycles. The van der Waals surface area contributed by atoms with E-state index in [-0.39, 0.29) is 0 Å². The molecule has 0 radical (unpaired) electrons. The summed E-state index contributed by atoms with van der Waals surface area (Å²) in [5.74, 6) is 0. The van der Waals surface area contributed by atoms with Crippen molar-refractivity contribution in [3.63, 3.8) is 0 Å². The number of benzene rings is 8. The monoisotopic (exact) mass is 664 g/mol. The number of nitrogens with zero attached hydrogens (tertiary/aromatic N) is 2. The first kappa shape index (κ1) is 30.3. The molecule has 2 heterocycles. The van der Waals surface area contributed by atoms with Crippen LogP contribution in [0.25, 0.3) is 99.4 Å². The predicted molar refractivity (Wildman–Crippen MR) is 223 cm³/mol. The van der Waals surface area contributed by atoms with Gasteiger partial charge in [-0.1, -0.05) is 134 Å². The minimum atomic E-state index is 0.996. The van der Waals surface area contributed by atoms with Crippen LogP contribution in [0.5, 0.6) is 0 Å². The van der Waals surface area contributed by atoms with Crippen LogP contribution in [0.1, 0.15) is 25.0 Å². The average molecular weight is 665 g/mol. The topological polar surface area (TPSA) is 17.3 Å². The molecule has 2 nitrogen and oxygen atoms in total. The number of allylic oxidation sites excluding steroid dienone is 1. The zero-order chi connectivity index (χ0) is 34.8. The van der Waals surface area contributed by atoms with Crippen LogP contribution in [0.3, 0.4) is 0 Å². The molecule has 0 fully saturated rings. The Morgan fingerprint density at radius 1 is 0.481 bits per heavy atom. The SMILES string of the molecule is C/C=C\c1cc(-c2c3ccccc3c(-c3cccc(-c4ccc5c(c4)c4ccccc4n4c6ccccc6nc54)c3)c3ccccc23)ccc1CC. The van der Waals surface area contributed by atoms with Crippen LogP contribution < -0.4 is 0 Å². The molecule has 0 aliphatic carbocycles. The van der Waals surface area contributed by atoms with E-state index in [9.17, 15) is 0 Å². The number of aromatic nitrogens is 2. The van der Waals surface area contributed by atoms with Crippen molar-refractivity contribution in [2.75, 3.05) is 0 Å². The van der Waals surface area contributed by atoms with Gasteiger partial charge in [-0.15, -0.1) is 0 Å². The van der Waals surface area contributed by atoms with Crippen LogP contribution in [0, 0.1) is 0 Å². The van der Waals surface area contributed by atoms with Crippen molar-refractivity contribution in [1.29, 1.82) is 0 Å².